The molecule has 1 heterocycles. The van der Waals surface area contributed by atoms with Crippen LogP contribution in [0.5, 0.6) is 0 Å². The second-order valence-electron chi connectivity index (χ2n) is 3.48. The molecule has 0 radical (unpaired) electrons. The van der Waals surface area contributed by atoms with Crippen molar-refractivity contribution in [2.45, 2.75) is 24.3 Å². The Morgan fingerprint density at radius 3 is 2.75 bits per heavy atom. The van der Waals surface area contributed by atoms with Gasteiger partial charge in [-0.2, -0.15) is 0 Å². The first-order chi connectivity index (χ1) is 7.66. The third kappa shape index (κ3) is 2.57. The summed E-state index contributed by atoms with van der Waals surface area (Å²) in [7, 11) is 0. The van der Waals surface area contributed by atoms with Crippen LogP contribution < -0.4 is 0 Å². The van der Waals surface area contributed by atoms with Gasteiger partial charge in [0.25, 0.3) is 0 Å². The van der Waals surface area contributed by atoms with Crippen molar-refractivity contribution in [1.29, 1.82) is 0 Å². The fraction of sp³-hybridized carbons (Fsp3) is 0.273. The van der Waals surface area contributed by atoms with Crippen LogP contribution in [0.3, 0.4) is 0 Å². The number of aryl methyl sites for hydroxylation is 1. The number of nitrogens with one attached hydrogen (secondary N) is 1. The molecule has 0 aliphatic rings. The second-order valence-corrected chi connectivity index (χ2v) is 5.20. The first kappa shape index (κ1) is 11.5. The van der Waals surface area contributed by atoms with Crippen molar-refractivity contribution in [2.75, 3.05) is 0 Å². The summed E-state index contributed by atoms with van der Waals surface area (Å²) in [5.41, 5.74) is 1.11. The largest absolute Gasteiger partial charge is 0.262 e. The molecule has 1 unspecified atom stereocenters. The molecule has 1 aromatic carbocycles. The molecule has 0 saturated carbocycles. The molecule has 0 spiro atoms. The van der Waals surface area contributed by atoms with Crippen LogP contribution in [0.2, 0.25) is 5.02 Å². The Bertz CT molecular complexity index is 484. The number of thioether (sulfide) groups is 1. The highest BCUT2D eigenvalue weighted by atomic mass is 35.5. The lowest BCUT2D eigenvalue weighted by molar-refractivity contribution is 0.957. The molecular formula is C11H12ClN3S. The number of rotatable bonds is 3. The molecule has 1 atom stereocenters. The van der Waals surface area contributed by atoms with Crippen molar-refractivity contribution in [3.63, 3.8) is 0 Å². The zero-order valence-corrected chi connectivity index (χ0v) is 10.6. The van der Waals surface area contributed by atoms with Crippen LogP contribution in [0.25, 0.3) is 0 Å². The van der Waals surface area contributed by atoms with Crippen molar-refractivity contribution in [1.82, 2.24) is 15.2 Å². The lowest BCUT2D eigenvalue weighted by Crippen LogP contribution is -1.90. The normalized spacial score (nSPS) is 12.7. The van der Waals surface area contributed by atoms with Gasteiger partial charge in [-0.15, -0.1) is 5.10 Å². The molecule has 0 bridgehead atoms. The summed E-state index contributed by atoms with van der Waals surface area (Å²) >= 11 is 7.72. The van der Waals surface area contributed by atoms with Gasteiger partial charge in [-0.1, -0.05) is 41.6 Å². The summed E-state index contributed by atoms with van der Waals surface area (Å²) in [6.45, 7) is 3.98. The van der Waals surface area contributed by atoms with E-state index in [4.69, 9.17) is 11.6 Å². The molecule has 84 valence electrons. The minimum absolute atomic E-state index is 0.240. The van der Waals surface area contributed by atoms with Crippen molar-refractivity contribution in [2.24, 2.45) is 0 Å². The quantitative estimate of drug-likeness (QED) is 0.850. The summed E-state index contributed by atoms with van der Waals surface area (Å²) in [6.07, 6.45) is 0. The minimum Gasteiger partial charge on any atom is -0.262 e. The van der Waals surface area contributed by atoms with Gasteiger partial charge >= 0.3 is 0 Å². The van der Waals surface area contributed by atoms with Crippen LogP contribution >= 0.6 is 23.4 Å². The molecule has 0 aliphatic carbocycles. The summed E-state index contributed by atoms with van der Waals surface area (Å²) in [5.74, 6) is 0.828. The molecule has 0 amide bonds. The van der Waals surface area contributed by atoms with Gasteiger partial charge < -0.3 is 0 Å². The van der Waals surface area contributed by atoms with E-state index in [0.717, 1.165) is 21.6 Å². The number of H-pyrrole nitrogens is 1. The van der Waals surface area contributed by atoms with Crippen molar-refractivity contribution >= 4 is 23.4 Å². The third-order valence-corrected chi connectivity index (χ3v) is 3.55. The monoisotopic (exact) mass is 253 g/mol. The molecule has 1 aromatic heterocycles. The van der Waals surface area contributed by atoms with Crippen LogP contribution in [0.15, 0.2) is 29.4 Å². The number of aromatic amines is 1. The maximum atomic E-state index is 6.13. The lowest BCUT2D eigenvalue weighted by atomic mass is 10.2. The molecule has 5 heteroatoms. The Kier molecular flexibility index (Phi) is 3.51. The van der Waals surface area contributed by atoms with E-state index in [1.54, 1.807) is 11.8 Å². The van der Waals surface area contributed by atoms with E-state index in [1.165, 1.54) is 0 Å². The average molecular weight is 254 g/mol. The number of halogens is 1. The van der Waals surface area contributed by atoms with E-state index < -0.39 is 0 Å². The fourth-order valence-corrected chi connectivity index (χ4v) is 2.70. The summed E-state index contributed by atoms with van der Waals surface area (Å²) in [6, 6.07) is 7.85. The molecule has 16 heavy (non-hydrogen) atoms. The minimum atomic E-state index is 0.240. The van der Waals surface area contributed by atoms with Gasteiger partial charge in [-0.3, -0.25) is 5.10 Å². The van der Waals surface area contributed by atoms with Gasteiger partial charge in [0, 0.05) is 10.3 Å². The Morgan fingerprint density at radius 2 is 2.12 bits per heavy atom. The smallest absolute Gasteiger partial charge is 0.209 e. The summed E-state index contributed by atoms with van der Waals surface area (Å²) in [4.78, 5) is 4.26. The van der Waals surface area contributed by atoms with E-state index >= 15 is 0 Å². The topological polar surface area (TPSA) is 41.6 Å². The number of nitrogens with zero attached hydrogens (tertiary/aromatic N) is 2. The molecule has 0 fully saturated rings. The van der Waals surface area contributed by atoms with Crippen molar-refractivity contribution < 1.29 is 0 Å². The number of aromatic nitrogens is 3. The Hall–Kier alpha value is -1.00. The van der Waals surface area contributed by atoms with Gasteiger partial charge in [-0.05, 0) is 25.5 Å². The molecule has 2 aromatic rings. The Balaban J connectivity index is 2.14. The zero-order valence-electron chi connectivity index (χ0n) is 9.07. The van der Waals surface area contributed by atoms with Gasteiger partial charge in [-0.25, -0.2) is 4.98 Å². The molecule has 1 N–H and O–H groups in total. The van der Waals surface area contributed by atoms with Gasteiger partial charge in [0.05, 0.1) is 0 Å². The van der Waals surface area contributed by atoms with Gasteiger partial charge in [0.2, 0.25) is 5.16 Å². The number of hydrogen-bond donors (Lipinski definition) is 1. The zero-order chi connectivity index (χ0) is 11.5. The first-order valence-corrected chi connectivity index (χ1v) is 6.22. The van der Waals surface area contributed by atoms with Crippen LogP contribution in [0, 0.1) is 6.92 Å². The van der Waals surface area contributed by atoms with Crippen LogP contribution in [0.1, 0.15) is 23.6 Å². The van der Waals surface area contributed by atoms with Crippen LogP contribution in [-0.2, 0) is 0 Å². The standard InChI is InChI=1S/C11H12ClN3S/c1-7(9-5-3-4-6-10(9)12)16-11-13-8(2)14-15-11/h3-7H,1-2H3,(H,13,14,15). The highest BCUT2D eigenvalue weighted by Crippen LogP contribution is 2.35. The highest BCUT2D eigenvalue weighted by Gasteiger charge is 2.12. The van der Waals surface area contributed by atoms with Crippen LogP contribution in [-0.4, -0.2) is 15.2 Å². The van der Waals surface area contributed by atoms with E-state index in [-0.39, 0.29) is 5.25 Å². The maximum Gasteiger partial charge on any atom is 0.209 e. The predicted molar refractivity (Wildman–Crippen MR) is 66.8 cm³/mol. The van der Waals surface area contributed by atoms with E-state index in [2.05, 4.69) is 22.1 Å². The molecular weight excluding hydrogens is 242 g/mol. The van der Waals surface area contributed by atoms with E-state index in [1.807, 2.05) is 31.2 Å². The van der Waals surface area contributed by atoms with Gasteiger partial charge in [0.1, 0.15) is 5.82 Å². The fourth-order valence-electron chi connectivity index (χ4n) is 1.40. The second kappa shape index (κ2) is 4.89. The molecule has 0 saturated heterocycles. The maximum absolute atomic E-state index is 6.13. The average Bonchev–Trinajstić information content (AvgIpc) is 2.64. The summed E-state index contributed by atoms with van der Waals surface area (Å²) < 4.78 is 0. The third-order valence-electron chi connectivity index (χ3n) is 2.20. The molecule has 0 aliphatic heterocycles. The van der Waals surface area contributed by atoms with Crippen molar-refractivity contribution in [3.05, 3.63) is 40.7 Å². The number of benzene rings is 1. The van der Waals surface area contributed by atoms with Gasteiger partial charge in [0.15, 0.2) is 0 Å². The highest BCUT2D eigenvalue weighted by molar-refractivity contribution is 7.99. The number of hydrogen-bond acceptors (Lipinski definition) is 3. The Morgan fingerprint density at radius 1 is 1.38 bits per heavy atom. The van der Waals surface area contributed by atoms with Crippen LogP contribution in [0.4, 0.5) is 0 Å². The molecule has 3 nitrogen and oxygen atoms in total. The summed E-state index contributed by atoms with van der Waals surface area (Å²) in [5, 5.41) is 8.70. The Labute approximate surface area is 104 Å². The lowest BCUT2D eigenvalue weighted by Gasteiger charge is -2.10. The predicted octanol–water partition coefficient (Wildman–Crippen LogP) is 3.62. The first-order valence-electron chi connectivity index (χ1n) is 4.97. The van der Waals surface area contributed by atoms with Crippen molar-refractivity contribution in [3.8, 4) is 0 Å². The van der Waals surface area contributed by atoms with E-state index in [9.17, 15) is 0 Å². The van der Waals surface area contributed by atoms with E-state index in [0.29, 0.717) is 0 Å². The SMILES string of the molecule is Cc1nc(SC(C)c2ccccc2Cl)n[nH]1. The molecule has 2 rings (SSSR count).